The van der Waals surface area contributed by atoms with Crippen molar-refractivity contribution < 1.29 is 19.5 Å². The average Bonchev–Trinajstić information content (AvgIpc) is 3.07. The molecular formula is C20H35N5O4. The second-order valence-electron chi connectivity index (χ2n) is 8.03. The first-order valence-electron chi connectivity index (χ1n) is 10.7. The minimum Gasteiger partial charge on any atom is -0.388 e. The lowest BCUT2D eigenvalue weighted by Gasteiger charge is -2.41. The molecule has 1 amide bonds. The number of hydrogen-bond donors (Lipinski definition) is 4. The van der Waals surface area contributed by atoms with Crippen molar-refractivity contribution in [2.45, 2.75) is 81.8 Å². The zero-order valence-electron chi connectivity index (χ0n) is 17.1. The van der Waals surface area contributed by atoms with Crippen LogP contribution in [0.3, 0.4) is 0 Å². The summed E-state index contributed by atoms with van der Waals surface area (Å²) in [6.07, 6.45) is 8.59. The molecule has 0 bridgehead atoms. The summed E-state index contributed by atoms with van der Waals surface area (Å²) in [6, 6.07) is -0.736. The van der Waals surface area contributed by atoms with Crippen LogP contribution in [0.25, 0.3) is 0 Å². The number of nitrogens with one attached hydrogen (secondary N) is 1. The molecule has 9 nitrogen and oxygen atoms in total. The molecule has 29 heavy (non-hydrogen) atoms. The Morgan fingerprint density at radius 2 is 1.90 bits per heavy atom. The molecule has 0 aromatic carbocycles. The fourth-order valence-corrected chi connectivity index (χ4v) is 4.54. The molecule has 1 aliphatic carbocycles. The Kier molecular flexibility index (Phi) is 9.03. The van der Waals surface area contributed by atoms with Crippen LogP contribution < -0.4 is 16.8 Å². The van der Waals surface area contributed by atoms with Crippen molar-refractivity contribution >= 4 is 23.9 Å². The summed E-state index contributed by atoms with van der Waals surface area (Å²) in [5, 5.41) is 12.5. The van der Waals surface area contributed by atoms with Crippen LogP contribution in [0.5, 0.6) is 0 Å². The fourth-order valence-electron chi connectivity index (χ4n) is 4.54. The molecule has 9 heteroatoms. The van der Waals surface area contributed by atoms with Crippen molar-refractivity contribution in [3.8, 4) is 0 Å². The van der Waals surface area contributed by atoms with Crippen molar-refractivity contribution in [1.29, 1.82) is 0 Å². The van der Waals surface area contributed by atoms with E-state index in [1.54, 1.807) is 4.90 Å². The molecule has 0 aromatic rings. The van der Waals surface area contributed by atoms with Crippen molar-refractivity contribution in [3.63, 3.8) is 0 Å². The number of carbonyl (C=O) groups is 3. The van der Waals surface area contributed by atoms with Crippen LogP contribution in [-0.2, 0) is 14.4 Å². The molecule has 1 saturated carbocycles. The predicted octanol–water partition coefficient (Wildman–Crippen LogP) is -0.157. The second-order valence-corrected chi connectivity index (χ2v) is 8.03. The van der Waals surface area contributed by atoms with Gasteiger partial charge in [0, 0.05) is 12.6 Å². The van der Waals surface area contributed by atoms with Crippen LogP contribution in [0.15, 0.2) is 4.99 Å². The molecule has 1 heterocycles. The molecule has 6 N–H and O–H groups in total. The molecule has 1 saturated heterocycles. The van der Waals surface area contributed by atoms with E-state index in [9.17, 15) is 19.5 Å². The lowest BCUT2D eigenvalue weighted by Crippen LogP contribution is -2.64. The Labute approximate surface area is 172 Å². The molecule has 0 unspecified atom stereocenters. The number of hydrogen-bond acceptors (Lipinski definition) is 6. The molecule has 0 radical (unpaired) electrons. The first kappa shape index (κ1) is 23.3. The van der Waals surface area contributed by atoms with Crippen LogP contribution >= 0.6 is 0 Å². The van der Waals surface area contributed by atoms with Gasteiger partial charge in [0.1, 0.15) is 12.9 Å². The number of nitrogens with zero attached hydrogens (tertiary/aromatic N) is 2. The number of aliphatic hydroxyl groups is 1. The Hall–Kier alpha value is -2.00. The zero-order chi connectivity index (χ0) is 21.3. The van der Waals surface area contributed by atoms with E-state index in [1.165, 1.54) is 0 Å². The molecule has 0 spiro atoms. The minimum absolute atomic E-state index is 0.00740. The smallest absolute Gasteiger partial charge is 0.251 e. The Balaban J connectivity index is 2.29. The van der Waals surface area contributed by atoms with Gasteiger partial charge in [-0.25, -0.2) is 0 Å². The predicted molar refractivity (Wildman–Crippen MR) is 110 cm³/mol. The normalized spacial score (nSPS) is 23.8. The van der Waals surface area contributed by atoms with Gasteiger partial charge < -0.3 is 26.3 Å². The Morgan fingerprint density at radius 3 is 2.41 bits per heavy atom. The first-order chi connectivity index (χ1) is 14.0. The number of rotatable bonds is 10. The number of guanidine groups is 1. The summed E-state index contributed by atoms with van der Waals surface area (Å²) in [5.41, 5.74) is 9.29. The van der Waals surface area contributed by atoms with Gasteiger partial charge in [0.25, 0.3) is 5.91 Å². The van der Waals surface area contributed by atoms with E-state index in [-0.39, 0.29) is 17.9 Å². The maximum Gasteiger partial charge on any atom is 0.251 e. The number of Topliss-reactive ketones (excluding diaryl/α,β-unsaturated/α-hetero) is 1. The molecule has 1 aliphatic heterocycles. The fraction of sp³-hybridized carbons (Fsp3) is 0.800. The van der Waals surface area contributed by atoms with Crippen LogP contribution in [0, 0.1) is 0 Å². The van der Waals surface area contributed by atoms with Gasteiger partial charge in [-0.05, 0) is 45.1 Å². The summed E-state index contributed by atoms with van der Waals surface area (Å²) in [6.45, 7) is 0.206. The largest absolute Gasteiger partial charge is 0.388 e. The van der Waals surface area contributed by atoms with Gasteiger partial charge >= 0.3 is 0 Å². The third kappa shape index (κ3) is 5.76. The van der Waals surface area contributed by atoms with E-state index < -0.39 is 24.0 Å². The quantitative estimate of drug-likeness (QED) is 0.0977. The van der Waals surface area contributed by atoms with E-state index in [0.29, 0.717) is 38.8 Å². The molecule has 2 rings (SSSR count). The van der Waals surface area contributed by atoms with Gasteiger partial charge in [0.15, 0.2) is 17.3 Å². The van der Waals surface area contributed by atoms with E-state index in [0.717, 1.165) is 44.8 Å². The summed E-state index contributed by atoms with van der Waals surface area (Å²) >= 11 is 0. The number of ketones is 1. The van der Waals surface area contributed by atoms with E-state index in [1.807, 2.05) is 0 Å². The standard InChI is InChI=1S/C20H35N5O4/c21-19(22)23-11-5-9-16(13-26)25(15-7-3-1-2-4-8-15)18(29)20(17(28)14-27)10-6-12-24-20/h13,15-16,24,27H,1-12,14H2,(H4,21,22,23)/t16-,20+/m0/s1. The summed E-state index contributed by atoms with van der Waals surface area (Å²) in [4.78, 5) is 43.9. The van der Waals surface area contributed by atoms with Crippen molar-refractivity contribution in [3.05, 3.63) is 0 Å². The van der Waals surface area contributed by atoms with Gasteiger partial charge in [0.2, 0.25) is 0 Å². The highest BCUT2D eigenvalue weighted by molar-refractivity contribution is 6.12. The lowest BCUT2D eigenvalue weighted by molar-refractivity contribution is -0.151. The molecule has 164 valence electrons. The first-order valence-corrected chi connectivity index (χ1v) is 10.7. The third-order valence-corrected chi connectivity index (χ3v) is 6.06. The second kappa shape index (κ2) is 11.3. The van der Waals surface area contributed by atoms with Crippen LogP contribution in [0.1, 0.15) is 64.2 Å². The van der Waals surface area contributed by atoms with Crippen LogP contribution in [0.4, 0.5) is 0 Å². The Morgan fingerprint density at radius 1 is 1.21 bits per heavy atom. The summed E-state index contributed by atoms with van der Waals surface area (Å²) < 4.78 is 0. The van der Waals surface area contributed by atoms with Gasteiger partial charge in [0.05, 0.1) is 6.04 Å². The van der Waals surface area contributed by atoms with Gasteiger partial charge in [-0.15, -0.1) is 0 Å². The van der Waals surface area contributed by atoms with Crippen molar-refractivity contribution in [1.82, 2.24) is 10.2 Å². The number of aliphatic hydroxyl groups excluding tert-OH is 1. The molecular weight excluding hydrogens is 374 g/mol. The Bertz CT molecular complexity index is 592. The molecule has 2 aliphatic rings. The van der Waals surface area contributed by atoms with Crippen LogP contribution in [0.2, 0.25) is 0 Å². The van der Waals surface area contributed by atoms with Gasteiger partial charge in [-0.1, -0.05) is 25.7 Å². The van der Waals surface area contributed by atoms with Gasteiger partial charge in [-0.3, -0.25) is 19.9 Å². The van der Waals surface area contributed by atoms with E-state index in [2.05, 4.69) is 10.3 Å². The number of aliphatic imine (C=N–C) groups is 1. The number of aldehydes is 1. The monoisotopic (exact) mass is 409 g/mol. The zero-order valence-corrected chi connectivity index (χ0v) is 17.1. The SMILES string of the molecule is NC(N)=NCCC[C@@H](C=O)N(C(=O)[C@]1(C(=O)CO)CCCN1)C1CCCCCC1. The topological polar surface area (TPSA) is 151 Å². The lowest BCUT2D eigenvalue weighted by atomic mass is 9.88. The molecule has 2 fully saturated rings. The number of nitrogens with two attached hydrogens (primary N) is 2. The minimum atomic E-state index is -1.43. The summed E-state index contributed by atoms with van der Waals surface area (Å²) in [7, 11) is 0. The maximum absolute atomic E-state index is 13.7. The maximum atomic E-state index is 13.7. The number of amides is 1. The van der Waals surface area contributed by atoms with E-state index in [4.69, 9.17) is 11.5 Å². The highest BCUT2D eigenvalue weighted by Gasteiger charge is 2.51. The van der Waals surface area contributed by atoms with Crippen molar-refractivity contribution in [2.24, 2.45) is 16.5 Å². The molecule has 0 aromatic heterocycles. The molecule has 2 atom stereocenters. The highest BCUT2D eigenvalue weighted by atomic mass is 16.3. The van der Waals surface area contributed by atoms with Gasteiger partial charge in [-0.2, -0.15) is 0 Å². The summed E-state index contributed by atoms with van der Waals surface area (Å²) in [5.74, 6) is -0.907. The third-order valence-electron chi connectivity index (χ3n) is 6.06. The number of carbonyl (C=O) groups excluding carboxylic acids is 3. The average molecular weight is 410 g/mol. The van der Waals surface area contributed by atoms with Crippen LogP contribution in [-0.4, -0.2) is 71.3 Å². The van der Waals surface area contributed by atoms with E-state index >= 15 is 0 Å². The van der Waals surface area contributed by atoms with Crippen molar-refractivity contribution in [2.75, 3.05) is 19.7 Å². The highest BCUT2D eigenvalue weighted by Crippen LogP contribution is 2.30.